The minimum atomic E-state index is -3.41. The van der Waals surface area contributed by atoms with Gasteiger partial charge in [-0.15, -0.1) is 0 Å². The molecule has 0 unspecified atom stereocenters. The van der Waals surface area contributed by atoms with Gasteiger partial charge in [0.1, 0.15) is 5.82 Å². The molecule has 3 aromatic carbocycles. The zero-order valence-corrected chi connectivity index (χ0v) is 22.1. The van der Waals surface area contributed by atoms with Crippen LogP contribution in [0, 0.1) is 5.82 Å². The molecule has 1 heterocycles. The predicted molar refractivity (Wildman–Crippen MR) is 143 cm³/mol. The van der Waals surface area contributed by atoms with Gasteiger partial charge in [0.05, 0.1) is 6.54 Å². The molecule has 0 aliphatic carbocycles. The van der Waals surface area contributed by atoms with Crippen LogP contribution < -0.4 is 15.7 Å². The highest BCUT2D eigenvalue weighted by atomic mass is 28.4. The van der Waals surface area contributed by atoms with Crippen LogP contribution in [0.2, 0.25) is 5.04 Å². The maximum absolute atomic E-state index is 15.7. The maximum atomic E-state index is 15.7. The molecular formula is C29H33F3N2OSi. The van der Waals surface area contributed by atoms with Crippen LogP contribution in [-0.4, -0.2) is 32.0 Å². The molecule has 2 N–H and O–H groups in total. The van der Waals surface area contributed by atoms with E-state index in [0.717, 1.165) is 26.8 Å². The monoisotopic (exact) mass is 510 g/mol. The minimum absolute atomic E-state index is 0.277. The fourth-order valence-electron chi connectivity index (χ4n) is 4.92. The second kappa shape index (κ2) is 10.2. The summed E-state index contributed by atoms with van der Waals surface area (Å²) >= 11 is 0. The Labute approximate surface area is 211 Å². The van der Waals surface area contributed by atoms with Crippen molar-refractivity contribution in [2.45, 2.75) is 51.3 Å². The zero-order valence-electron chi connectivity index (χ0n) is 21.1. The molecule has 0 aliphatic rings. The molecule has 1 atom stereocenters. The summed E-state index contributed by atoms with van der Waals surface area (Å²) in [7, 11) is -3.40. The molecule has 0 fully saturated rings. The zero-order chi connectivity index (χ0) is 26.0. The highest BCUT2D eigenvalue weighted by molar-refractivity contribution is 6.99. The number of nitrogens with one attached hydrogen (secondary N) is 2. The van der Waals surface area contributed by atoms with Crippen molar-refractivity contribution in [1.82, 2.24) is 10.3 Å². The first-order valence-electron chi connectivity index (χ1n) is 12.2. The summed E-state index contributed by atoms with van der Waals surface area (Å²) in [5.74, 6) is -0.325. The fourth-order valence-corrected chi connectivity index (χ4v) is 9.38. The van der Waals surface area contributed by atoms with Crippen molar-refractivity contribution in [1.29, 1.82) is 0 Å². The van der Waals surface area contributed by atoms with E-state index in [2.05, 4.69) is 10.3 Å². The summed E-state index contributed by atoms with van der Waals surface area (Å²) in [4.78, 5) is 3.12. The highest BCUT2D eigenvalue weighted by Gasteiger charge is 2.55. The smallest absolute Gasteiger partial charge is 0.359 e. The average Bonchev–Trinajstić information content (AvgIpc) is 3.23. The summed E-state index contributed by atoms with van der Waals surface area (Å²) in [5.41, 5.74) is 1.69. The maximum Gasteiger partial charge on any atom is 0.359 e. The van der Waals surface area contributed by atoms with Crippen molar-refractivity contribution in [2.75, 3.05) is 6.54 Å². The van der Waals surface area contributed by atoms with Crippen LogP contribution in [0.5, 0.6) is 0 Å². The molecule has 1 aromatic heterocycles. The molecular weight excluding hydrogens is 477 g/mol. The third-order valence-corrected chi connectivity index (χ3v) is 11.6. The van der Waals surface area contributed by atoms with Gasteiger partial charge in [0.2, 0.25) is 0 Å². The quantitative estimate of drug-likeness (QED) is 0.271. The molecule has 4 rings (SSSR count). The van der Waals surface area contributed by atoms with Crippen molar-refractivity contribution < 1.29 is 17.6 Å². The summed E-state index contributed by atoms with van der Waals surface area (Å²) in [6.07, 6.45) is -1.14. The molecule has 0 aliphatic heterocycles. The summed E-state index contributed by atoms with van der Waals surface area (Å²) in [5, 5.41) is 4.77. The molecule has 4 aromatic rings. The normalized spacial score (nSPS) is 13.8. The number of benzene rings is 3. The van der Waals surface area contributed by atoms with E-state index in [1.54, 1.807) is 12.3 Å². The Bertz CT molecular complexity index is 1250. The summed E-state index contributed by atoms with van der Waals surface area (Å²) < 4.78 is 51.1. The first-order valence-corrected chi connectivity index (χ1v) is 14.1. The van der Waals surface area contributed by atoms with Crippen LogP contribution in [0.1, 0.15) is 33.3 Å². The number of alkyl halides is 2. The van der Waals surface area contributed by atoms with Crippen molar-refractivity contribution in [3.05, 3.63) is 96.4 Å². The number of aromatic amines is 1. The lowest BCUT2D eigenvalue weighted by atomic mass is 10.1. The Morgan fingerprint density at radius 1 is 0.917 bits per heavy atom. The SMILES string of the molecule is C[C@H](Cc1c[nH]c2ccc(F)cc12)NCC(F)(F)O[Si](c1ccccc1)(c1ccccc1)C(C)(C)C. The number of halogens is 3. The molecule has 0 spiro atoms. The molecule has 0 radical (unpaired) electrons. The molecule has 190 valence electrons. The Kier molecular flexibility index (Phi) is 7.45. The van der Waals surface area contributed by atoms with Gasteiger partial charge in [0.15, 0.2) is 0 Å². The third-order valence-electron chi connectivity index (χ3n) is 6.63. The first kappa shape index (κ1) is 26.2. The molecule has 7 heteroatoms. The highest BCUT2D eigenvalue weighted by Crippen LogP contribution is 2.40. The van der Waals surface area contributed by atoms with E-state index >= 15 is 8.78 Å². The van der Waals surface area contributed by atoms with Crippen LogP contribution in [0.4, 0.5) is 13.2 Å². The number of aromatic nitrogens is 1. The largest absolute Gasteiger partial charge is 0.361 e. The molecule has 0 saturated heterocycles. The van der Waals surface area contributed by atoms with Crippen LogP contribution in [0.25, 0.3) is 10.9 Å². The lowest BCUT2D eigenvalue weighted by Crippen LogP contribution is -2.69. The molecule has 3 nitrogen and oxygen atoms in total. The Morgan fingerprint density at radius 3 is 2.06 bits per heavy atom. The second-order valence-corrected chi connectivity index (χ2v) is 14.6. The van der Waals surface area contributed by atoms with E-state index in [-0.39, 0.29) is 11.9 Å². The van der Waals surface area contributed by atoms with E-state index in [4.69, 9.17) is 4.43 Å². The summed E-state index contributed by atoms with van der Waals surface area (Å²) in [6, 6.07) is 23.1. The topological polar surface area (TPSA) is 37.0 Å². The van der Waals surface area contributed by atoms with E-state index in [0.29, 0.717) is 6.42 Å². The van der Waals surface area contributed by atoms with Gasteiger partial charge in [-0.2, -0.15) is 8.78 Å². The average molecular weight is 511 g/mol. The fraction of sp³-hybridized carbons (Fsp3) is 0.310. The number of fused-ring (bicyclic) bond motifs is 1. The van der Waals surface area contributed by atoms with Gasteiger partial charge in [-0.05, 0) is 52.5 Å². The number of H-pyrrole nitrogens is 1. The van der Waals surface area contributed by atoms with Crippen LogP contribution >= 0.6 is 0 Å². The summed E-state index contributed by atoms with van der Waals surface area (Å²) in [6.45, 7) is 7.14. The van der Waals surface area contributed by atoms with Crippen LogP contribution in [0.15, 0.2) is 85.1 Å². The van der Waals surface area contributed by atoms with Crippen molar-refractivity contribution in [2.24, 2.45) is 0 Å². The standard InChI is InChI=1S/C29H33F3N2OSi/c1-21(17-22-19-33-27-16-15-23(30)18-26(22)27)34-20-29(31,32)35-36(28(2,3)4,24-11-7-5-8-12-24)25-13-9-6-10-14-25/h5-16,18-19,21,33-34H,17,20H2,1-4H3/t21-/m1/s1. The Balaban J connectivity index is 1.57. The lowest BCUT2D eigenvalue weighted by Gasteiger charge is -2.44. The predicted octanol–water partition coefficient (Wildman–Crippen LogP) is 6.00. The van der Waals surface area contributed by atoms with Gasteiger partial charge in [-0.3, -0.25) is 0 Å². The second-order valence-electron chi connectivity index (χ2n) is 10.4. The molecule has 0 bridgehead atoms. The molecule has 0 saturated carbocycles. The van der Waals surface area contributed by atoms with E-state index in [1.807, 2.05) is 88.4 Å². The van der Waals surface area contributed by atoms with Gasteiger partial charge in [0, 0.05) is 23.1 Å². The molecule has 36 heavy (non-hydrogen) atoms. The van der Waals surface area contributed by atoms with E-state index in [1.165, 1.54) is 12.1 Å². The van der Waals surface area contributed by atoms with Gasteiger partial charge in [-0.25, -0.2) is 4.39 Å². The lowest BCUT2D eigenvalue weighted by molar-refractivity contribution is -0.179. The number of rotatable bonds is 9. The van der Waals surface area contributed by atoms with E-state index < -0.39 is 26.0 Å². The van der Waals surface area contributed by atoms with Crippen LogP contribution in [-0.2, 0) is 10.8 Å². The molecule has 0 amide bonds. The van der Waals surface area contributed by atoms with Crippen LogP contribution in [0.3, 0.4) is 0 Å². The number of hydrogen-bond acceptors (Lipinski definition) is 2. The Hall–Kier alpha value is -2.87. The number of hydrogen-bond donors (Lipinski definition) is 2. The Morgan fingerprint density at radius 2 is 1.50 bits per heavy atom. The minimum Gasteiger partial charge on any atom is -0.361 e. The van der Waals surface area contributed by atoms with Crippen molar-refractivity contribution in [3.8, 4) is 0 Å². The first-order chi connectivity index (χ1) is 17.0. The van der Waals surface area contributed by atoms with Gasteiger partial charge in [0.25, 0.3) is 8.32 Å². The van der Waals surface area contributed by atoms with Crippen molar-refractivity contribution >= 4 is 29.6 Å². The van der Waals surface area contributed by atoms with Crippen molar-refractivity contribution in [3.63, 3.8) is 0 Å². The van der Waals surface area contributed by atoms with Gasteiger partial charge >= 0.3 is 6.11 Å². The van der Waals surface area contributed by atoms with Gasteiger partial charge in [-0.1, -0.05) is 81.4 Å². The van der Waals surface area contributed by atoms with Gasteiger partial charge < -0.3 is 14.7 Å². The van der Waals surface area contributed by atoms with E-state index in [9.17, 15) is 4.39 Å². The third kappa shape index (κ3) is 5.43.